The molecule has 0 heterocycles. The van der Waals surface area contributed by atoms with Crippen molar-refractivity contribution in [3.05, 3.63) is 24.3 Å². The summed E-state index contributed by atoms with van der Waals surface area (Å²) in [5.41, 5.74) is -0.157. The molecule has 0 aliphatic heterocycles. The molecule has 8 heteroatoms. The molecule has 0 aliphatic rings. The van der Waals surface area contributed by atoms with Gasteiger partial charge in [-0.05, 0) is 32.4 Å². The maximum absolute atomic E-state index is 12.1. The van der Waals surface area contributed by atoms with Gasteiger partial charge in [-0.2, -0.15) is 0 Å². The SMILES string of the molecule is CN(C)C(=O)COc1cccc(NC(=O)NC(C)(C)CCC(=O)O)c1. The van der Waals surface area contributed by atoms with Crippen LogP contribution in [0.3, 0.4) is 0 Å². The summed E-state index contributed by atoms with van der Waals surface area (Å²) in [4.78, 5) is 35.7. The van der Waals surface area contributed by atoms with E-state index in [2.05, 4.69) is 10.6 Å². The minimum atomic E-state index is -0.910. The van der Waals surface area contributed by atoms with Crippen molar-refractivity contribution in [2.75, 3.05) is 26.0 Å². The first-order valence-corrected chi connectivity index (χ1v) is 7.83. The highest BCUT2D eigenvalue weighted by molar-refractivity contribution is 5.90. The van der Waals surface area contributed by atoms with Crippen LogP contribution in [-0.4, -0.2) is 54.2 Å². The molecule has 0 aromatic heterocycles. The summed E-state index contributed by atoms with van der Waals surface area (Å²) in [6.45, 7) is 3.41. The van der Waals surface area contributed by atoms with Crippen molar-refractivity contribution in [2.45, 2.75) is 32.2 Å². The molecule has 0 aliphatic carbocycles. The third-order valence-corrected chi connectivity index (χ3v) is 3.37. The highest BCUT2D eigenvalue weighted by atomic mass is 16.5. The first kappa shape index (κ1) is 20.3. The topological polar surface area (TPSA) is 108 Å². The highest BCUT2D eigenvalue weighted by Crippen LogP contribution is 2.18. The molecule has 1 rings (SSSR count). The zero-order valence-corrected chi connectivity index (χ0v) is 15.0. The van der Waals surface area contributed by atoms with Crippen LogP contribution < -0.4 is 15.4 Å². The summed E-state index contributed by atoms with van der Waals surface area (Å²) in [6, 6.07) is 6.22. The fourth-order valence-electron chi connectivity index (χ4n) is 1.89. The molecule has 138 valence electrons. The van der Waals surface area contributed by atoms with Crippen LogP contribution in [0, 0.1) is 0 Å². The number of amides is 3. The minimum Gasteiger partial charge on any atom is -0.484 e. The minimum absolute atomic E-state index is 0.0312. The Morgan fingerprint density at radius 2 is 1.92 bits per heavy atom. The Bertz CT molecular complexity index is 628. The normalized spacial score (nSPS) is 10.7. The number of nitrogens with zero attached hydrogens (tertiary/aromatic N) is 1. The fraction of sp³-hybridized carbons (Fsp3) is 0.471. The average molecular weight is 351 g/mol. The maximum Gasteiger partial charge on any atom is 0.319 e. The number of benzene rings is 1. The van der Waals surface area contributed by atoms with E-state index in [4.69, 9.17) is 9.84 Å². The van der Waals surface area contributed by atoms with Crippen molar-refractivity contribution in [3.63, 3.8) is 0 Å². The van der Waals surface area contributed by atoms with Gasteiger partial charge in [-0.3, -0.25) is 9.59 Å². The fourth-order valence-corrected chi connectivity index (χ4v) is 1.89. The predicted octanol–water partition coefficient (Wildman–Crippen LogP) is 1.92. The Morgan fingerprint density at radius 3 is 2.52 bits per heavy atom. The lowest BCUT2D eigenvalue weighted by Crippen LogP contribution is -2.45. The van der Waals surface area contributed by atoms with Gasteiger partial charge in [0, 0.05) is 37.8 Å². The van der Waals surface area contributed by atoms with Crippen molar-refractivity contribution in [3.8, 4) is 5.75 Å². The molecule has 0 spiro atoms. The molecule has 25 heavy (non-hydrogen) atoms. The molecule has 0 bridgehead atoms. The van der Waals surface area contributed by atoms with Crippen molar-refractivity contribution in [1.29, 1.82) is 0 Å². The van der Waals surface area contributed by atoms with E-state index in [-0.39, 0.29) is 18.9 Å². The summed E-state index contributed by atoms with van der Waals surface area (Å²) in [5.74, 6) is -0.623. The quantitative estimate of drug-likeness (QED) is 0.663. The van der Waals surface area contributed by atoms with E-state index in [1.165, 1.54) is 4.90 Å². The zero-order valence-electron chi connectivity index (χ0n) is 15.0. The number of carboxylic acid groups (broad SMARTS) is 1. The van der Waals surface area contributed by atoms with Gasteiger partial charge in [0.2, 0.25) is 0 Å². The summed E-state index contributed by atoms with van der Waals surface area (Å²) in [6.07, 6.45) is 0.280. The number of ether oxygens (including phenoxy) is 1. The number of nitrogens with one attached hydrogen (secondary N) is 2. The van der Waals surface area contributed by atoms with Gasteiger partial charge in [0.05, 0.1) is 0 Å². The molecule has 1 aromatic carbocycles. The molecule has 3 N–H and O–H groups in total. The van der Waals surface area contributed by atoms with Gasteiger partial charge in [0.1, 0.15) is 5.75 Å². The van der Waals surface area contributed by atoms with Crippen LogP contribution in [0.4, 0.5) is 10.5 Å². The Morgan fingerprint density at radius 1 is 1.24 bits per heavy atom. The second-order valence-corrected chi connectivity index (χ2v) is 6.46. The Kier molecular flexibility index (Phi) is 7.22. The maximum atomic E-state index is 12.1. The second-order valence-electron chi connectivity index (χ2n) is 6.46. The zero-order chi connectivity index (χ0) is 19.0. The first-order chi connectivity index (χ1) is 11.6. The second kappa shape index (κ2) is 8.91. The molecule has 3 amide bonds. The van der Waals surface area contributed by atoms with E-state index in [0.717, 1.165) is 0 Å². The predicted molar refractivity (Wildman–Crippen MR) is 93.7 cm³/mol. The number of carbonyl (C=O) groups excluding carboxylic acids is 2. The van der Waals surface area contributed by atoms with Gasteiger partial charge in [-0.25, -0.2) is 4.79 Å². The molecule has 1 aromatic rings. The highest BCUT2D eigenvalue weighted by Gasteiger charge is 2.21. The molecule has 8 nitrogen and oxygen atoms in total. The summed E-state index contributed by atoms with van der Waals surface area (Å²) < 4.78 is 5.39. The summed E-state index contributed by atoms with van der Waals surface area (Å²) >= 11 is 0. The van der Waals surface area contributed by atoms with Crippen molar-refractivity contribution >= 4 is 23.6 Å². The Hall–Kier alpha value is -2.77. The molecule has 0 saturated carbocycles. The molecule has 0 saturated heterocycles. The third kappa shape index (κ3) is 8.05. The van der Waals surface area contributed by atoms with Crippen LogP contribution >= 0.6 is 0 Å². The Balaban J connectivity index is 2.58. The van der Waals surface area contributed by atoms with E-state index in [0.29, 0.717) is 17.9 Å². The van der Waals surface area contributed by atoms with E-state index in [1.54, 1.807) is 52.2 Å². The molecular formula is C17H25N3O5. The standard InChI is InChI=1S/C17H25N3O5/c1-17(2,9-8-15(22)23)19-16(24)18-12-6-5-7-13(10-12)25-11-14(21)20(3)4/h5-7,10H,8-9,11H2,1-4H3,(H,22,23)(H2,18,19,24). The van der Waals surface area contributed by atoms with Gasteiger partial charge in [-0.1, -0.05) is 6.07 Å². The van der Waals surface area contributed by atoms with E-state index >= 15 is 0 Å². The lowest BCUT2D eigenvalue weighted by atomic mass is 9.99. The van der Waals surface area contributed by atoms with Crippen LogP contribution in [0.2, 0.25) is 0 Å². The van der Waals surface area contributed by atoms with Crippen molar-refractivity contribution in [2.24, 2.45) is 0 Å². The molecule has 0 fully saturated rings. The summed E-state index contributed by atoms with van der Waals surface area (Å²) in [5, 5.41) is 14.1. The van der Waals surface area contributed by atoms with Crippen LogP contribution in [0.5, 0.6) is 5.75 Å². The van der Waals surface area contributed by atoms with Gasteiger partial charge < -0.3 is 25.4 Å². The lowest BCUT2D eigenvalue weighted by molar-refractivity contribution is -0.137. The van der Waals surface area contributed by atoms with E-state index in [1.807, 2.05) is 0 Å². The van der Waals surface area contributed by atoms with Crippen LogP contribution in [0.1, 0.15) is 26.7 Å². The number of carbonyl (C=O) groups is 3. The largest absolute Gasteiger partial charge is 0.484 e. The smallest absolute Gasteiger partial charge is 0.319 e. The van der Waals surface area contributed by atoms with E-state index < -0.39 is 17.5 Å². The van der Waals surface area contributed by atoms with Crippen LogP contribution in [0.15, 0.2) is 24.3 Å². The molecular weight excluding hydrogens is 326 g/mol. The number of carboxylic acids is 1. The molecule has 0 unspecified atom stereocenters. The molecule has 0 atom stereocenters. The average Bonchev–Trinajstić information content (AvgIpc) is 2.50. The molecule has 0 radical (unpaired) electrons. The van der Waals surface area contributed by atoms with Crippen molar-refractivity contribution < 1.29 is 24.2 Å². The Labute approximate surface area is 147 Å². The van der Waals surface area contributed by atoms with Crippen LogP contribution in [-0.2, 0) is 9.59 Å². The lowest BCUT2D eigenvalue weighted by Gasteiger charge is -2.25. The third-order valence-electron chi connectivity index (χ3n) is 3.37. The van der Waals surface area contributed by atoms with Gasteiger partial charge in [0.15, 0.2) is 6.61 Å². The van der Waals surface area contributed by atoms with Gasteiger partial charge in [-0.15, -0.1) is 0 Å². The number of hydrogen-bond acceptors (Lipinski definition) is 4. The first-order valence-electron chi connectivity index (χ1n) is 7.83. The van der Waals surface area contributed by atoms with E-state index in [9.17, 15) is 14.4 Å². The number of rotatable bonds is 8. The van der Waals surface area contributed by atoms with Crippen molar-refractivity contribution in [1.82, 2.24) is 10.2 Å². The number of urea groups is 1. The monoisotopic (exact) mass is 351 g/mol. The van der Waals surface area contributed by atoms with Crippen LogP contribution in [0.25, 0.3) is 0 Å². The number of anilines is 1. The number of likely N-dealkylation sites (N-methyl/N-ethyl adjacent to an activating group) is 1. The van der Waals surface area contributed by atoms with Gasteiger partial charge in [0.25, 0.3) is 5.91 Å². The summed E-state index contributed by atoms with van der Waals surface area (Å²) in [7, 11) is 3.28. The number of aliphatic carboxylic acids is 1. The number of hydrogen-bond donors (Lipinski definition) is 3. The van der Waals surface area contributed by atoms with Gasteiger partial charge >= 0.3 is 12.0 Å².